The lowest BCUT2D eigenvalue weighted by atomic mass is 9.72. The fraction of sp³-hybridized carbons (Fsp3) is 0.417. The molecule has 2 rings (SSSR count). The zero-order chi connectivity index (χ0) is 12.6. The molecule has 0 aromatic heterocycles. The SMILES string of the molecule is Cc1cc(C2(N=C=O)CCC2)c(F)c(O)c1Br. The summed E-state index contributed by atoms with van der Waals surface area (Å²) in [5, 5.41) is 9.66. The molecule has 0 unspecified atom stereocenters. The number of phenolic OH excluding ortho intramolecular Hbond substituents is 1. The van der Waals surface area contributed by atoms with Crippen molar-refractivity contribution in [1.29, 1.82) is 0 Å². The van der Waals surface area contributed by atoms with E-state index in [0.29, 0.717) is 22.9 Å². The van der Waals surface area contributed by atoms with E-state index in [1.807, 2.05) is 0 Å². The number of aryl methyl sites for hydroxylation is 1. The van der Waals surface area contributed by atoms with Crippen LogP contribution in [0.2, 0.25) is 0 Å². The van der Waals surface area contributed by atoms with Gasteiger partial charge < -0.3 is 5.11 Å². The number of hydrogen-bond acceptors (Lipinski definition) is 3. The van der Waals surface area contributed by atoms with Crippen molar-refractivity contribution >= 4 is 22.0 Å². The highest BCUT2D eigenvalue weighted by Crippen LogP contribution is 2.48. The van der Waals surface area contributed by atoms with Gasteiger partial charge in [-0.25, -0.2) is 9.18 Å². The van der Waals surface area contributed by atoms with Crippen molar-refractivity contribution in [3.8, 4) is 5.75 Å². The third kappa shape index (κ3) is 1.79. The fourth-order valence-corrected chi connectivity index (χ4v) is 2.42. The molecular formula is C12H11BrFNO2. The number of aromatic hydroxyl groups is 1. The first-order valence-electron chi connectivity index (χ1n) is 5.29. The number of nitrogens with zero attached hydrogens (tertiary/aromatic N) is 1. The molecule has 5 heteroatoms. The van der Waals surface area contributed by atoms with Crippen molar-refractivity contribution in [1.82, 2.24) is 0 Å². The highest BCUT2D eigenvalue weighted by atomic mass is 79.9. The van der Waals surface area contributed by atoms with Gasteiger partial charge in [0.05, 0.1) is 4.47 Å². The van der Waals surface area contributed by atoms with Crippen LogP contribution >= 0.6 is 15.9 Å². The number of halogens is 2. The molecule has 0 spiro atoms. The third-order valence-electron chi connectivity index (χ3n) is 3.30. The molecule has 17 heavy (non-hydrogen) atoms. The van der Waals surface area contributed by atoms with Crippen LogP contribution in [0.1, 0.15) is 30.4 Å². The van der Waals surface area contributed by atoms with E-state index in [1.54, 1.807) is 13.0 Å². The number of rotatable bonds is 2. The van der Waals surface area contributed by atoms with Gasteiger partial charge in [0, 0.05) is 5.56 Å². The van der Waals surface area contributed by atoms with Crippen LogP contribution in [0.3, 0.4) is 0 Å². The van der Waals surface area contributed by atoms with Crippen molar-refractivity contribution in [2.45, 2.75) is 31.7 Å². The van der Waals surface area contributed by atoms with Gasteiger partial charge in [0.15, 0.2) is 11.6 Å². The second kappa shape index (κ2) is 4.24. The molecule has 1 aliphatic carbocycles. The second-order valence-corrected chi connectivity index (χ2v) is 5.10. The second-order valence-electron chi connectivity index (χ2n) is 4.31. The summed E-state index contributed by atoms with van der Waals surface area (Å²) in [5.74, 6) is -1.13. The molecule has 0 amide bonds. The van der Waals surface area contributed by atoms with E-state index in [-0.39, 0.29) is 5.56 Å². The highest BCUT2D eigenvalue weighted by Gasteiger charge is 2.42. The Labute approximate surface area is 106 Å². The monoisotopic (exact) mass is 299 g/mol. The Hall–Kier alpha value is -1.19. The Morgan fingerprint density at radius 2 is 2.24 bits per heavy atom. The van der Waals surface area contributed by atoms with E-state index in [4.69, 9.17) is 0 Å². The molecular weight excluding hydrogens is 289 g/mol. The summed E-state index contributed by atoms with van der Waals surface area (Å²) in [4.78, 5) is 14.2. The molecule has 1 aromatic carbocycles. The van der Waals surface area contributed by atoms with Gasteiger partial charge in [0.25, 0.3) is 0 Å². The average molecular weight is 300 g/mol. The van der Waals surface area contributed by atoms with Gasteiger partial charge in [-0.1, -0.05) is 0 Å². The maximum absolute atomic E-state index is 14.0. The van der Waals surface area contributed by atoms with Crippen LogP contribution in [0.25, 0.3) is 0 Å². The Balaban J connectivity index is 2.63. The van der Waals surface area contributed by atoms with E-state index >= 15 is 0 Å². The maximum Gasteiger partial charge on any atom is 0.235 e. The lowest BCUT2D eigenvalue weighted by Crippen LogP contribution is -2.33. The number of aliphatic imine (C=N–C) groups is 1. The summed E-state index contributed by atoms with van der Waals surface area (Å²) < 4.78 is 14.3. The van der Waals surface area contributed by atoms with Gasteiger partial charge in [0.2, 0.25) is 6.08 Å². The van der Waals surface area contributed by atoms with E-state index in [0.717, 1.165) is 6.42 Å². The summed E-state index contributed by atoms with van der Waals surface area (Å²) in [6.07, 6.45) is 3.62. The topological polar surface area (TPSA) is 49.7 Å². The van der Waals surface area contributed by atoms with Crippen molar-refractivity contribution in [2.75, 3.05) is 0 Å². The minimum Gasteiger partial charge on any atom is -0.504 e. The lowest BCUT2D eigenvalue weighted by molar-refractivity contribution is 0.244. The maximum atomic E-state index is 14.0. The molecule has 0 heterocycles. The first-order chi connectivity index (χ1) is 8.02. The number of carbonyl (C=O) groups excluding carboxylic acids is 1. The van der Waals surface area contributed by atoms with Crippen molar-refractivity contribution < 1.29 is 14.3 Å². The summed E-state index contributed by atoms with van der Waals surface area (Å²) in [5.41, 5.74) is 0.172. The minimum absolute atomic E-state index is 0.283. The van der Waals surface area contributed by atoms with Crippen LogP contribution in [-0.4, -0.2) is 11.2 Å². The molecule has 0 aliphatic heterocycles. The zero-order valence-corrected chi connectivity index (χ0v) is 10.8. The summed E-state index contributed by atoms with van der Waals surface area (Å²) >= 11 is 3.11. The van der Waals surface area contributed by atoms with Gasteiger partial charge in [-0.15, -0.1) is 0 Å². The standard InChI is InChI=1S/C12H11BrFNO2/c1-7-5-8(10(14)11(17)9(7)13)12(15-6-16)3-2-4-12/h5,17H,2-4H2,1H3. The van der Waals surface area contributed by atoms with Crippen molar-refractivity contribution in [3.63, 3.8) is 0 Å². The van der Waals surface area contributed by atoms with Crippen molar-refractivity contribution in [2.24, 2.45) is 4.99 Å². The smallest absolute Gasteiger partial charge is 0.235 e. The van der Waals surface area contributed by atoms with Crippen LogP contribution in [0, 0.1) is 12.7 Å². The van der Waals surface area contributed by atoms with E-state index in [9.17, 15) is 14.3 Å². The molecule has 1 fully saturated rings. The first-order valence-corrected chi connectivity index (χ1v) is 6.08. The summed E-state index contributed by atoms with van der Waals surface area (Å²) in [6.45, 7) is 1.75. The molecule has 1 aromatic rings. The number of benzene rings is 1. The van der Waals surface area contributed by atoms with Gasteiger partial charge in [-0.05, 0) is 53.7 Å². The Morgan fingerprint density at radius 1 is 1.59 bits per heavy atom. The summed E-state index contributed by atoms with van der Waals surface area (Å²) in [6, 6.07) is 1.62. The first kappa shape index (κ1) is 12.3. The predicted molar refractivity (Wildman–Crippen MR) is 64.2 cm³/mol. The molecule has 0 atom stereocenters. The Kier molecular flexibility index (Phi) is 3.06. The molecule has 0 radical (unpaired) electrons. The quantitative estimate of drug-likeness (QED) is 0.673. The van der Waals surface area contributed by atoms with Crippen LogP contribution < -0.4 is 0 Å². The van der Waals surface area contributed by atoms with E-state index in [2.05, 4.69) is 20.9 Å². The largest absolute Gasteiger partial charge is 0.504 e. The van der Waals surface area contributed by atoms with Gasteiger partial charge in [-0.3, -0.25) is 0 Å². The van der Waals surface area contributed by atoms with Crippen LogP contribution in [0.5, 0.6) is 5.75 Å². The fourth-order valence-electron chi connectivity index (χ4n) is 2.13. The van der Waals surface area contributed by atoms with E-state index < -0.39 is 17.1 Å². The number of hydrogen-bond donors (Lipinski definition) is 1. The van der Waals surface area contributed by atoms with Crippen LogP contribution in [0.15, 0.2) is 15.5 Å². The minimum atomic E-state index is -0.825. The normalized spacial score (nSPS) is 17.1. The molecule has 3 nitrogen and oxygen atoms in total. The predicted octanol–water partition coefficient (Wildman–Crippen LogP) is 3.32. The Morgan fingerprint density at radius 3 is 2.71 bits per heavy atom. The molecule has 90 valence electrons. The number of isocyanates is 1. The highest BCUT2D eigenvalue weighted by molar-refractivity contribution is 9.10. The van der Waals surface area contributed by atoms with E-state index in [1.165, 1.54) is 6.08 Å². The number of phenols is 1. The molecule has 0 saturated heterocycles. The van der Waals surface area contributed by atoms with Crippen molar-refractivity contribution in [3.05, 3.63) is 27.5 Å². The molecule has 0 bridgehead atoms. The van der Waals surface area contributed by atoms with Gasteiger partial charge in [-0.2, -0.15) is 4.99 Å². The van der Waals surface area contributed by atoms with Crippen LogP contribution in [0.4, 0.5) is 4.39 Å². The molecule has 1 saturated carbocycles. The van der Waals surface area contributed by atoms with Gasteiger partial charge in [0.1, 0.15) is 5.54 Å². The zero-order valence-electron chi connectivity index (χ0n) is 9.26. The lowest BCUT2D eigenvalue weighted by Gasteiger charge is -2.37. The summed E-state index contributed by atoms with van der Waals surface area (Å²) in [7, 11) is 0. The molecule has 1 aliphatic rings. The molecule has 1 N–H and O–H groups in total. The van der Waals surface area contributed by atoms with Crippen LogP contribution in [-0.2, 0) is 10.3 Å². The van der Waals surface area contributed by atoms with Gasteiger partial charge >= 0.3 is 0 Å². The Bertz CT molecular complexity index is 520. The average Bonchev–Trinajstić information content (AvgIpc) is 2.26. The third-order valence-corrected chi connectivity index (χ3v) is 4.30.